The van der Waals surface area contributed by atoms with Crippen LogP contribution < -0.4 is 15.5 Å². The summed E-state index contributed by atoms with van der Waals surface area (Å²) in [7, 11) is 1.70. The number of aromatic nitrogens is 1. The summed E-state index contributed by atoms with van der Waals surface area (Å²) >= 11 is 0. The highest BCUT2D eigenvalue weighted by atomic mass is 16.2. The van der Waals surface area contributed by atoms with Crippen LogP contribution in [-0.2, 0) is 4.79 Å². The zero-order chi connectivity index (χ0) is 13.7. The van der Waals surface area contributed by atoms with Gasteiger partial charge in [0.15, 0.2) is 0 Å². The summed E-state index contributed by atoms with van der Waals surface area (Å²) in [6.45, 7) is 3.81. The molecule has 1 unspecified atom stereocenters. The average molecular weight is 262 g/mol. The second kappa shape index (κ2) is 6.41. The zero-order valence-electron chi connectivity index (χ0n) is 11.6. The molecule has 1 aliphatic heterocycles. The Morgan fingerprint density at radius 1 is 1.53 bits per heavy atom. The van der Waals surface area contributed by atoms with E-state index in [1.165, 1.54) is 0 Å². The normalized spacial score (nSPS) is 19.1. The number of rotatable bonds is 4. The van der Waals surface area contributed by atoms with Crippen molar-refractivity contribution in [2.24, 2.45) is 0 Å². The number of carbonyl (C=O) groups is 1. The van der Waals surface area contributed by atoms with Gasteiger partial charge in [0.1, 0.15) is 11.9 Å². The van der Waals surface area contributed by atoms with Crippen LogP contribution in [0.15, 0.2) is 18.3 Å². The van der Waals surface area contributed by atoms with Gasteiger partial charge in [-0.3, -0.25) is 4.79 Å². The number of nitrogens with one attached hydrogen (secondary N) is 2. The van der Waals surface area contributed by atoms with Gasteiger partial charge in [-0.15, -0.1) is 0 Å². The molecule has 2 rings (SSSR count). The lowest BCUT2D eigenvalue weighted by molar-refractivity contribution is -0.122. The summed E-state index contributed by atoms with van der Waals surface area (Å²) in [4.78, 5) is 18.4. The number of carbonyl (C=O) groups excluding carboxylic acids is 1. The van der Waals surface area contributed by atoms with Crippen molar-refractivity contribution in [1.82, 2.24) is 10.3 Å². The number of amides is 1. The van der Waals surface area contributed by atoms with Crippen LogP contribution in [0.25, 0.3) is 0 Å². The molecule has 104 valence electrons. The number of likely N-dealkylation sites (N-methyl/N-ethyl adjacent to an activating group) is 1. The smallest absolute Gasteiger partial charge is 0.242 e. The molecule has 0 radical (unpaired) electrons. The highest BCUT2D eigenvalue weighted by Gasteiger charge is 2.28. The van der Waals surface area contributed by atoms with E-state index in [9.17, 15) is 4.79 Å². The quantitative estimate of drug-likeness (QED) is 0.865. The van der Waals surface area contributed by atoms with Crippen molar-refractivity contribution in [3.63, 3.8) is 0 Å². The Morgan fingerprint density at radius 3 is 3.11 bits per heavy atom. The third-order valence-corrected chi connectivity index (χ3v) is 3.48. The van der Waals surface area contributed by atoms with Gasteiger partial charge in [-0.2, -0.15) is 0 Å². The lowest BCUT2D eigenvalue weighted by Gasteiger charge is -2.36. The van der Waals surface area contributed by atoms with E-state index in [1.54, 1.807) is 13.2 Å². The molecule has 5 heteroatoms. The summed E-state index contributed by atoms with van der Waals surface area (Å²) in [6.07, 6.45) is 4.95. The molecule has 1 amide bonds. The topological polar surface area (TPSA) is 57.3 Å². The summed E-state index contributed by atoms with van der Waals surface area (Å²) < 4.78 is 0. The van der Waals surface area contributed by atoms with Gasteiger partial charge in [-0.05, 0) is 32.3 Å². The molecular formula is C14H22N4O. The highest BCUT2D eigenvalue weighted by Crippen LogP contribution is 2.26. The summed E-state index contributed by atoms with van der Waals surface area (Å²) in [5, 5.41) is 5.97. The molecule has 19 heavy (non-hydrogen) atoms. The fraction of sp³-hybridized carbons (Fsp3) is 0.571. The SMILES string of the molecule is CCNc1cc(N2CCCCC2C(=O)NC)ccn1. The van der Waals surface area contributed by atoms with E-state index in [0.29, 0.717) is 0 Å². The molecule has 2 N–H and O–H groups in total. The van der Waals surface area contributed by atoms with E-state index in [1.807, 2.05) is 19.1 Å². The Morgan fingerprint density at radius 2 is 2.37 bits per heavy atom. The second-order valence-electron chi connectivity index (χ2n) is 4.75. The lowest BCUT2D eigenvalue weighted by atomic mass is 10.0. The van der Waals surface area contributed by atoms with Crippen LogP contribution in [0.4, 0.5) is 11.5 Å². The third-order valence-electron chi connectivity index (χ3n) is 3.48. The molecule has 0 aliphatic carbocycles. The van der Waals surface area contributed by atoms with Gasteiger partial charge in [0.05, 0.1) is 0 Å². The monoisotopic (exact) mass is 262 g/mol. The minimum absolute atomic E-state index is 0.0596. The largest absolute Gasteiger partial charge is 0.370 e. The number of pyridine rings is 1. The first-order valence-electron chi connectivity index (χ1n) is 6.94. The van der Waals surface area contributed by atoms with Crippen LogP contribution >= 0.6 is 0 Å². The predicted octanol–water partition coefficient (Wildman–Crippen LogP) is 1.62. The molecule has 2 heterocycles. The van der Waals surface area contributed by atoms with E-state index in [0.717, 1.165) is 43.9 Å². The summed E-state index contributed by atoms with van der Waals surface area (Å²) in [5.74, 6) is 0.961. The van der Waals surface area contributed by atoms with Crippen LogP contribution in [0.5, 0.6) is 0 Å². The maximum Gasteiger partial charge on any atom is 0.242 e. The Kier molecular flexibility index (Phi) is 4.60. The van der Waals surface area contributed by atoms with E-state index in [4.69, 9.17) is 0 Å². The van der Waals surface area contributed by atoms with Gasteiger partial charge >= 0.3 is 0 Å². The van der Waals surface area contributed by atoms with Crippen molar-refractivity contribution in [2.45, 2.75) is 32.2 Å². The van der Waals surface area contributed by atoms with E-state index >= 15 is 0 Å². The van der Waals surface area contributed by atoms with Crippen molar-refractivity contribution in [3.8, 4) is 0 Å². The van der Waals surface area contributed by atoms with Crippen molar-refractivity contribution >= 4 is 17.4 Å². The van der Waals surface area contributed by atoms with E-state index < -0.39 is 0 Å². The number of nitrogens with zero attached hydrogens (tertiary/aromatic N) is 2. The van der Waals surface area contributed by atoms with Crippen molar-refractivity contribution in [3.05, 3.63) is 18.3 Å². The zero-order valence-corrected chi connectivity index (χ0v) is 11.6. The van der Waals surface area contributed by atoms with Crippen LogP contribution in [0.3, 0.4) is 0 Å². The van der Waals surface area contributed by atoms with Crippen LogP contribution in [0, 0.1) is 0 Å². The number of hydrogen-bond donors (Lipinski definition) is 2. The molecule has 1 aromatic rings. The third kappa shape index (κ3) is 3.16. The molecular weight excluding hydrogens is 240 g/mol. The van der Waals surface area contributed by atoms with Crippen LogP contribution in [0.2, 0.25) is 0 Å². The summed E-state index contributed by atoms with van der Waals surface area (Å²) in [5.41, 5.74) is 1.07. The fourth-order valence-electron chi connectivity index (χ4n) is 2.56. The Balaban J connectivity index is 2.21. The Labute approximate surface area is 114 Å². The van der Waals surface area contributed by atoms with Crippen molar-refractivity contribution < 1.29 is 4.79 Å². The van der Waals surface area contributed by atoms with Gasteiger partial charge in [0.25, 0.3) is 0 Å². The standard InChI is InChI=1S/C14H22N4O/c1-3-16-13-10-11(7-8-17-13)18-9-5-4-6-12(18)14(19)15-2/h7-8,10,12H,3-6,9H2,1-2H3,(H,15,19)(H,16,17). The van der Waals surface area contributed by atoms with Crippen molar-refractivity contribution in [2.75, 3.05) is 30.4 Å². The first-order valence-corrected chi connectivity index (χ1v) is 6.94. The second-order valence-corrected chi connectivity index (χ2v) is 4.75. The predicted molar refractivity (Wildman–Crippen MR) is 77.5 cm³/mol. The highest BCUT2D eigenvalue weighted by molar-refractivity contribution is 5.85. The van der Waals surface area contributed by atoms with E-state index in [2.05, 4.69) is 20.5 Å². The first kappa shape index (κ1) is 13.6. The van der Waals surface area contributed by atoms with Crippen LogP contribution in [-0.4, -0.2) is 37.1 Å². The lowest BCUT2D eigenvalue weighted by Crippen LogP contribution is -2.48. The van der Waals surface area contributed by atoms with Crippen LogP contribution in [0.1, 0.15) is 26.2 Å². The van der Waals surface area contributed by atoms with Gasteiger partial charge in [0, 0.05) is 38.1 Å². The summed E-state index contributed by atoms with van der Waals surface area (Å²) in [6, 6.07) is 3.93. The molecule has 0 saturated carbocycles. The average Bonchev–Trinajstić information content (AvgIpc) is 2.47. The number of anilines is 2. The van der Waals surface area contributed by atoms with Gasteiger partial charge in [-0.1, -0.05) is 0 Å². The fourth-order valence-corrected chi connectivity index (χ4v) is 2.56. The molecule has 1 aromatic heterocycles. The number of hydrogen-bond acceptors (Lipinski definition) is 4. The molecule has 1 saturated heterocycles. The maximum atomic E-state index is 12.0. The van der Waals surface area contributed by atoms with Crippen molar-refractivity contribution in [1.29, 1.82) is 0 Å². The number of piperidine rings is 1. The molecule has 1 fully saturated rings. The Hall–Kier alpha value is -1.78. The minimum Gasteiger partial charge on any atom is -0.370 e. The molecule has 1 aliphatic rings. The Bertz CT molecular complexity index is 435. The first-order chi connectivity index (χ1) is 9.26. The maximum absolute atomic E-state index is 12.0. The molecule has 1 atom stereocenters. The molecule has 0 spiro atoms. The minimum atomic E-state index is -0.0596. The molecule has 0 bridgehead atoms. The van der Waals surface area contributed by atoms with Gasteiger partial charge < -0.3 is 15.5 Å². The van der Waals surface area contributed by atoms with E-state index in [-0.39, 0.29) is 11.9 Å². The molecule has 5 nitrogen and oxygen atoms in total. The van der Waals surface area contributed by atoms with Gasteiger partial charge in [0.2, 0.25) is 5.91 Å². The van der Waals surface area contributed by atoms with Gasteiger partial charge in [-0.25, -0.2) is 4.98 Å². The molecule has 0 aromatic carbocycles.